The lowest BCUT2D eigenvalue weighted by molar-refractivity contribution is -0.0368. The van der Waals surface area contributed by atoms with Gasteiger partial charge in [0, 0.05) is 31.9 Å². The summed E-state index contributed by atoms with van der Waals surface area (Å²) in [5.41, 5.74) is 0.853. The van der Waals surface area contributed by atoms with Crippen LogP contribution in [0.3, 0.4) is 0 Å². The van der Waals surface area contributed by atoms with E-state index in [2.05, 4.69) is 10.2 Å². The average Bonchev–Trinajstić information content (AvgIpc) is 2.69. The number of halogens is 1. The molecule has 2 saturated heterocycles. The number of rotatable bonds is 4. The Bertz CT molecular complexity index is 401. The van der Waals surface area contributed by atoms with Crippen molar-refractivity contribution in [1.82, 2.24) is 4.90 Å². The van der Waals surface area contributed by atoms with E-state index >= 15 is 0 Å². The summed E-state index contributed by atoms with van der Waals surface area (Å²) in [4.78, 5) is 2.44. The van der Waals surface area contributed by atoms with Gasteiger partial charge in [-0.3, -0.25) is 4.90 Å². The lowest BCUT2D eigenvalue weighted by Crippen LogP contribution is -2.44. The number of nitrogens with zero attached hydrogens (tertiary/aromatic N) is 1. The lowest BCUT2D eigenvalue weighted by atomic mass is 10.2. The molecule has 2 unspecified atom stereocenters. The summed E-state index contributed by atoms with van der Waals surface area (Å²) in [7, 11) is 0. The summed E-state index contributed by atoms with van der Waals surface area (Å²) in [5, 5.41) is 3.26. The molecular formula is C14H19FN2O. The van der Waals surface area contributed by atoms with Crippen LogP contribution in [0.15, 0.2) is 24.3 Å². The molecule has 2 bridgehead atoms. The van der Waals surface area contributed by atoms with Crippen molar-refractivity contribution in [3.63, 3.8) is 0 Å². The molecule has 2 heterocycles. The zero-order chi connectivity index (χ0) is 12.4. The maximum Gasteiger partial charge on any atom is 0.125 e. The van der Waals surface area contributed by atoms with Crippen LogP contribution in [-0.4, -0.2) is 43.3 Å². The summed E-state index contributed by atoms with van der Waals surface area (Å²) in [6, 6.07) is 6.62. The number of fused-ring (bicyclic) bond motifs is 2. The van der Waals surface area contributed by atoms with Gasteiger partial charge < -0.3 is 10.1 Å². The first-order chi connectivity index (χ1) is 8.79. The topological polar surface area (TPSA) is 24.5 Å². The predicted molar refractivity (Wildman–Crippen MR) is 69.2 cm³/mol. The molecule has 0 radical (unpaired) electrons. The zero-order valence-electron chi connectivity index (χ0n) is 10.4. The third kappa shape index (κ3) is 2.82. The van der Waals surface area contributed by atoms with E-state index in [9.17, 15) is 4.39 Å². The Kier molecular flexibility index (Phi) is 3.48. The molecule has 2 aliphatic heterocycles. The number of hydrogen-bond donors (Lipinski definition) is 1. The van der Waals surface area contributed by atoms with Crippen LogP contribution in [-0.2, 0) is 4.74 Å². The summed E-state index contributed by atoms with van der Waals surface area (Å²) >= 11 is 0. The largest absolute Gasteiger partial charge is 0.384 e. The van der Waals surface area contributed by atoms with Gasteiger partial charge in [-0.05, 0) is 31.0 Å². The Balaban J connectivity index is 1.45. The van der Waals surface area contributed by atoms with E-state index < -0.39 is 0 Å². The minimum absolute atomic E-state index is 0.190. The monoisotopic (exact) mass is 250 g/mol. The third-order valence-electron chi connectivity index (χ3n) is 3.70. The van der Waals surface area contributed by atoms with Crippen molar-refractivity contribution < 1.29 is 9.13 Å². The summed E-state index contributed by atoms with van der Waals surface area (Å²) in [6.45, 7) is 3.93. The van der Waals surface area contributed by atoms with Crippen molar-refractivity contribution in [3.05, 3.63) is 30.1 Å². The Hall–Kier alpha value is -1.13. The van der Waals surface area contributed by atoms with Crippen LogP contribution >= 0.6 is 0 Å². The average molecular weight is 250 g/mol. The maximum atomic E-state index is 13.0. The van der Waals surface area contributed by atoms with Gasteiger partial charge in [-0.25, -0.2) is 4.39 Å². The standard InChI is InChI=1S/C14H19FN2O/c15-11-2-1-3-12(8-11)16-6-7-17-9-13-4-5-14(10-17)18-13/h1-3,8,13-14,16H,4-7,9-10H2. The van der Waals surface area contributed by atoms with Crippen molar-refractivity contribution in [1.29, 1.82) is 0 Å². The van der Waals surface area contributed by atoms with Gasteiger partial charge in [-0.15, -0.1) is 0 Å². The highest BCUT2D eigenvalue weighted by Crippen LogP contribution is 2.25. The number of likely N-dealkylation sites (tertiary alicyclic amines) is 1. The van der Waals surface area contributed by atoms with Gasteiger partial charge in [0.1, 0.15) is 5.82 Å². The first-order valence-electron chi connectivity index (χ1n) is 6.67. The molecule has 4 heteroatoms. The smallest absolute Gasteiger partial charge is 0.125 e. The molecule has 0 amide bonds. The molecule has 2 atom stereocenters. The molecular weight excluding hydrogens is 231 g/mol. The van der Waals surface area contributed by atoms with Crippen LogP contribution in [0.2, 0.25) is 0 Å². The fourth-order valence-electron chi connectivity index (χ4n) is 2.84. The van der Waals surface area contributed by atoms with Crippen LogP contribution in [0.1, 0.15) is 12.8 Å². The molecule has 0 saturated carbocycles. The minimum Gasteiger partial charge on any atom is -0.384 e. The highest BCUT2D eigenvalue weighted by molar-refractivity contribution is 5.42. The van der Waals surface area contributed by atoms with Crippen molar-refractivity contribution in [2.75, 3.05) is 31.5 Å². The zero-order valence-corrected chi connectivity index (χ0v) is 10.4. The van der Waals surface area contributed by atoms with E-state index in [0.29, 0.717) is 12.2 Å². The van der Waals surface area contributed by atoms with Gasteiger partial charge in [0.25, 0.3) is 0 Å². The van der Waals surface area contributed by atoms with Crippen molar-refractivity contribution in [2.24, 2.45) is 0 Å². The second kappa shape index (κ2) is 5.24. The first kappa shape index (κ1) is 11.9. The van der Waals surface area contributed by atoms with Crippen LogP contribution in [0.4, 0.5) is 10.1 Å². The normalized spacial score (nSPS) is 27.4. The van der Waals surface area contributed by atoms with E-state index in [1.54, 1.807) is 6.07 Å². The van der Waals surface area contributed by atoms with E-state index in [1.807, 2.05) is 6.07 Å². The SMILES string of the molecule is Fc1cccc(NCCN2CC3CCC(C2)O3)c1. The number of morpholine rings is 1. The number of ether oxygens (including phenoxy) is 1. The fourth-order valence-corrected chi connectivity index (χ4v) is 2.84. The molecule has 1 aromatic rings. The molecule has 0 spiro atoms. The van der Waals surface area contributed by atoms with E-state index in [-0.39, 0.29) is 5.82 Å². The maximum absolute atomic E-state index is 13.0. The number of anilines is 1. The van der Waals surface area contributed by atoms with Crippen molar-refractivity contribution >= 4 is 5.69 Å². The van der Waals surface area contributed by atoms with Gasteiger partial charge in [-0.1, -0.05) is 6.07 Å². The van der Waals surface area contributed by atoms with Gasteiger partial charge in [0.2, 0.25) is 0 Å². The van der Waals surface area contributed by atoms with Gasteiger partial charge in [0.15, 0.2) is 0 Å². The summed E-state index contributed by atoms with van der Waals surface area (Å²) in [6.07, 6.45) is 3.30. The fraction of sp³-hybridized carbons (Fsp3) is 0.571. The number of nitrogens with one attached hydrogen (secondary N) is 1. The molecule has 0 aliphatic carbocycles. The van der Waals surface area contributed by atoms with Crippen molar-refractivity contribution in [2.45, 2.75) is 25.0 Å². The van der Waals surface area contributed by atoms with Crippen LogP contribution < -0.4 is 5.32 Å². The molecule has 3 nitrogen and oxygen atoms in total. The first-order valence-corrected chi connectivity index (χ1v) is 6.67. The van der Waals surface area contributed by atoms with Gasteiger partial charge in [-0.2, -0.15) is 0 Å². The Morgan fingerprint density at radius 2 is 2.06 bits per heavy atom. The quantitative estimate of drug-likeness (QED) is 0.885. The number of benzene rings is 1. The molecule has 0 aromatic heterocycles. The number of hydrogen-bond acceptors (Lipinski definition) is 3. The van der Waals surface area contributed by atoms with Crippen molar-refractivity contribution in [3.8, 4) is 0 Å². The molecule has 18 heavy (non-hydrogen) atoms. The van der Waals surface area contributed by atoms with E-state index in [1.165, 1.54) is 25.0 Å². The predicted octanol–water partition coefficient (Wildman–Crippen LogP) is 2.10. The lowest BCUT2D eigenvalue weighted by Gasteiger charge is -2.32. The highest BCUT2D eigenvalue weighted by atomic mass is 19.1. The van der Waals surface area contributed by atoms with Crippen LogP contribution in [0.25, 0.3) is 0 Å². The van der Waals surface area contributed by atoms with Gasteiger partial charge in [0.05, 0.1) is 12.2 Å². The molecule has 2 aliphatic rings. The molecule has 3 rings (SSSR count). The Morgan fingerprint density at radius 1 is 1.28 bits per heavy atom. The highest BCUT2D eigenvalue weighted by Gasteiger charge is 2.33. The second-order valence-electron chi connectivity index (χ2n) is 5.15. The van der Waals surface area contributed by atoms with Crippen LogP contribution in [0, 0.1) is 5.82 Å². The molecule has 1 N–H and O–H groups in total. The summed E-state index contributed by atoms with van der Waals surface area (Å²) in [5.74, 6) is -0.190. The Morgan fingerprint density at radius 3 is 2.78 bits per heavy atom. The van der Waals surface area contributed by atoms with E-state index in [0.717, 1.165) is 31.9 Å². The third-order valence-corrected chi connectivity index (χ3v) is 3.70. The second-order valence-corrected chi connectivity index (χ2v) is 5.15. The van der Waals surface area contributed by atoms with Crippen LogP contribution in [0.5, 0.6) is 0 Å². The molecule has 1 aromatic carbocycles. The molecule has 98 valence electrons. The summed E-state index contributed by atoms with van der Waals surface area (Å²) < 4.78 is 18.8. The molecule has 2 fully saturated rings. The Labute approximate surface area is 107 Å². The minimum atomic E-state index is -0.190. The van der Waals surface area contributed by atoms with Gasteiger partial charge >= 0.3 is 0 Å². The van der Waals surface area contributed by atoms with E-state index in [4.69, 9.17) is 4.74 Å².